The van der Waals surface area contributed by atoms with Gasteiger partial charge in [0.05, 0.1) is 12.1 Å². The van der Waals surface area contributed by atoms with Crippen LogP contribution >= 0.6 is 11.3 Å². The second-order valence-corrected chi connectivity index (χ2v) is 6.49. The number of anilines is 3. The van der Waals surface area contributed by atoms with E-state index in [2.05, 4.69) is 20.9 Å². The maximum atomic E-state index is 12.2. The van der Waals surface area contributed by atoms with Crippen LogP contribution in [0.4, 0.5) is 21.3 Å². The van der Waals surface area contributed by atoms with E-state index in [1.54, 1.807) is 17.5 Å². The molecule has 0 saturated carbocycles. The highest BCUT2D eigenvalue weighted by Gasteiger charge is 2.11. The Hall–Kier alpha value is -3.19. The average molecular weight is 366 g/mol. The molecule has 3 aromatic rings. The standard InChI is InChI=1S/C19H18N4O2S/c1-13-7-5-6-10-16(13)22-17(24)11-15-12-26-19(21-15)23-18(25)20-14-8-3-2-4-9-14/h2-10,12H,11H2,1H3,(H,22,24)(H2,20,21,23,25). The molecule has 1 heterocycles. The smallest absolute Gasteiger partial charge is 0.325 e. The van der Waals surface area contributed by atoms with E-state index >= 15 is 0 Å². The first kappa shape index (κ1) is 17.6. The van der Waals surface area contributed by atoms with Gasteiger partial charge in [0.15, 0.2) is 5.13 Å². The molecular weight excluding hydrogens is 348 g/mol. The molecule has 0 bridgehead atoms. The highest BCUT2D eigenvalue weighted by atomic mass is 32.1. The van der Waals surface area contributed by atoms with Crippen LogP contribution < -0.4 is 16.0 Å². The molecule has 0 aliphatic carbocycles. The van der Waals surface area contributed by atoms with Crippen LogP contribution in [0.3, 0.4) is 0 Å². The summed E-state index contributed by atoms with van der Waals surface area (Å²) >= 11 is 1.28. The van der Waals surface area contributed by atoms with Gasteiger partial charge in [0, 0.05) is 16.8 Å². The minimum atomic E-state index is -0.374. The Labute approximate surface area is 155 Å². The summed E-state index contributed by atoms with van der Waals surface area (Å²) < 4.78 is 0. The van der Waals surface area contributed by atoms with Gasteiger partial charge in [0.1, 0.15) is 0 Å². The van der Waals surface area contributed by atoms with E-state index in [4.69, 9.17) is 0 Å². The molecule has 3 rings (SSSR count). The van der Waals surface area contributed by atoms with Crippen molar-refractivity contribution in [2.75, 3.05) is 16.0 Å². The Kier molecular flexibility index (Phi) is 5.60. The second kappa shape index (κ2) is 8.26. The minimum Gasteiger partial charge on any atom is -0.326 e. The third kappa shape index (κ3) is 4.90. The van der Waals surface area contributed by atoms with Crippen molar-refractivity contribution >= 4 is 39.8 Å². The Balaban J connectivity index is 1.53. The first-order valence-corrected chi connectivity index (χ1v) is 8.91. The lowest BCUT2D eigenvalue weighted by molar-refractivity contribution is -0.115. The first-order chi connectivity index (χ1) is 12.6. The molecule has 26 heavy (non-hydrogen) atoms. The van der Waals surface area contributed by atoms with E-state index in [9.17, 15) is 9.59 Å². The van der Waals surface area contributed by atoms with Gasteiger partial charge >= 0.3 is 6.03 Å². The third-order valence-electron chi connectivity index (χ3n) is 3.56. The number of urea groups is 1. The van der Waals surface area contributed by atoms with Crippen LogP contribution in [0, 0.1) is 6.92 Å². The van der Waals surface area contributed by atoms with Gasteiger partial charge in [-0.3, -0.25) is 10.1 Å². The molecule has 0 radical (unpaired) electrons. The van der Waals surface area contributed by atoms with Gasteiger partial charge in [0.25, 0.3) is 0 Å². The van der Waals surface area contributed by atoms with Crippen LogP contribution in [-0.4, -0.2) is 16.9 Å². The molecule has 0 aliphatic heterocycles. The Morgan fingerprint density at radius 3 is 2.46 bits per heavy atom. The first-order valence-electron chi connectivity index (χ1n) is 8.03. The van der Waals surface area contributed by atoms with Crippen LogP contribution in [0.2, 0.25) is 0 Å². The number of carbonyl (C=O) groups excluding carboxylic acids is 2. The Morgan fingerprint density at radius 2 is 1.69 bits per heavy atom. The summed E-state index contributed by atoms with van der Waals surface area (Å²) in [6.45, 7) is 1.94. The predicted octanol–water partition coefficient (Wildman–Crippen LogP) is 4.28. The van der Waals surface area contributed by atoms with E-state index in [1.807, 2.05) is 49.4 Å². The maximum Gasteiger partial charge on any atom is 0.325 e. The number of amides is 3. The number of nitrogens with zero attached hydrogens (tertiary/aromatic N) is 1. The van der Waals surface area contributed by atoms with Crippen molar-refractivity contribution in [2.45, 2.75) is 13.3 Å². The fourth-order valence-corrected chi connectivity index (χ4v) is 3.00. The Morgan fingerprint density at radius 1 is 0.962 bits per heavy atom. The van der Waals surface area contributed by atoms with Crippen molar-refractivity contribution in [3.05, 3.63) is 71.2 Å². The van der Waals surface area contributed by atoms with Gasteiger partial charge in [-0.05, 0) is 30.7 Å². The van der Waals surface area contributed by atoms with Gasteiger partial charge < -0.3 is 10.6 Å². The summed E-state index contributed by atoms with van der Waals surface area (Å²) in [5.74, 6) is -0.148. The van der Waals surface area contributed by atoms with Crippen molar-refractivity contribution in [2.24, 2.45) is 0 Å². The van der Waals surface area contributed by atoms with Crippen molar-refractivity contribution in [1.29, 1.82) is 0 Å². The molecule has 0 unspecified atom stereocenters. The monoisotopic (exact) mass is 366 g/mol. The molecule has 2 aromatic carbocycles. The summed E-state index contributed by atoms with van der Waals surface area (Å²) in [5, 5.41) is 10.5. The number of hydrogen-bond acceptors (Lipinski definition) is 4. The lowest BCUT2D eigenvalue weighted by Gasteiger charge is -2.07. The number of rotatable bonds is 5. The largest absolute Gasteiger partial charge is 0.326 e. The fourth-order valence-electron chi connectivity index (χ4n) is 2.30. The zero-order valence-corrected chi connectivity index (χ0v) is 15.0. The molecule has 0 atom stereocenters. The molecule has 6 nitrogen and oxygen atoms in total. The molecule has 3 N–H and O–H groups in total. The highest BCUT2D eigenvalue weighted by molar-refractivity contribution is 7.14. The molecule has 0 spiro atoms. The topological polar surface area (TPSA) is 83.1 Å². The Bertz CT molecular complexity index is 909. The van der Waals surface area contributed by atoms with Crippen LogP contribution in [-0.2, 0) is 11.2 Å². The van der Waals surface area contributed by atoms with Gasteiger partial charge in [-0.25, -0.2) is 9.78 Å². The van der Waals surface area contributed by atoms with Gasteiger partial charge in [-0.1, -0.05) is 36.4 Å². The zero-order chi connectivity index (χ0) is 18.4. The number of para-hydroxylation sites is 2. The fraction of sp³-hybridized carbons (Fsp3) is 0.105. The number of carbonyl (C=O) groups is 2. The van der Waals surface area contributed by atoms with Crippen LogP contribution in [0.25, 0.3) is 0 Å². The molecule has 1 aromatic heterocycles. The predicted molar refractivity (Wildman–Crippen MR) is 105 cm³/mol. The van der Waals surface area contributed by atoms with E-state index in [0.29, 0.717) is 16.5 Å². The molecule has 0 fully saturated rings. The number of aryl methyl sites for hydroxylation is 1. The van der Waals surface area contributed by atoms with Gasteiger partial charge in [0.2, 0.25) is 5.91 Å². The molecule has 3 amide bonds. The highest BCUT2D eigenvalue weighted by Crippen LogP contribution is 2.18. The van der Waals surface area contributed by atoms with Crippen LogP contribution in [0.1, 0.15) is 11.3 Å². The molecular formula is C19H18N4O2S. The SMILES string of the molecule is Cc1ccccc1NC(=O)Cc1csc(NC(=O)Nc2ccccc2)n1. The van der Waals surface area contributed by atoms with E-state index in [0.717, 1.165) is 11.3 Å². The number of aromatic nitrogens is 1. The molecule has 132 valence electrons. The van der Waals surface area contributed by atoms with E-state index in [1.165, 1.54) is 11.3 Å². The lowest BCUT2D eigenvalue weighted by atomic mass is 10.2. The summed E-state index contributed by atoms with van der Waals surface area (Å²) in [7, 11) is 0. The quantitative estimate of drug-likeness (QED) is 0.630. The molecule has 0 saturated heterocycles. The summed E-state index contributed by atoms with van der Waals surface area (Å²) in [4.78, 5) is 28.4. The van der Waals surface area contributed by atoms with Gasteiger partial charge in [-0.15, -0.1) is 11.3 Å². The van der Waals surface area contributed by atoms with Crippen molar-refractivity contribution in [3.63, 3.8) is 0 Å². The van der Waals surface area contributed by atoms with E-state index in [-0.39, 0.29) is 18.4 Å². The number of hydrogen-bond donors (Lipinski definition) is 3. The summed E-state index contributed by atoms with van der Waals surface area (Å²) in [6.07, 6.45) is 0.146. The summed E-state index contributed by atoms with van der Waals surface area (Å²) in [5.41, 5.74) is 3.09. The third-order valence-corrected chi connectivity index (χ3v) is 4.37. The van der Waals surface area contributed by atoms with Crippen LogP contribution in [0.15, 0.2) is 60.0 Å². The number of nitrogens with one attached hydrogen (secondary N) is 3. The lowest BCUT2D eigenvalue weighted by Crippen LogP contribution is -2.19. The number of thiazole rings is 1. The van der Waals surface area contributed by atoms with Crippen LogP contribution in [0.5, 0.6) is 0 Å². The van der Waals surface area contributed by atoms with Crippen molar-refractivity contribution in [1.82, 2.24) is 4.98 Å². The van der Waals surface area contributed by atoms with Crippen molar-refractivity contribution in [3.8, 4) is 0 Å². The molecule has 0 aliphatic rings. The minimum absolute atomic E-state index is 0.146. The van der Waals surface area contributed by atoms with E-state index < -0.39 is 0 Å². The van der Waals surface area contributed by atoms with Gasteiger partial charge in [-0.2, -0.15) is 0 Å². The normalized spacial score (nSPS) is 10.2. The zero-order valence-electron chi connectivity index (χ0n) is 14.2. The average Bonchev–Trinajstić information content (AvgIpc) is 3.04. The molecule has 7 heteroatoms. The summed E-state index contributed by atoms with van der Waals surface area (Å²) in [6, 6.07) is 16.4. The maximum absolute atomic E-state index is 12.2. The number of benzene rings is 2. The van der Waals surface area contributed by atoms with Crippen molar-refractivity contribution < 1.29 is 9.59 Å². The second-order valence-electron chi connectivity index (χ2n) is 5.63.